The standard InChI is InChI=1S/C11H20N2O/c1-11(5-6-11)10(14)13(2)9-3-7-12-8-4-9/h9,12H,3-8H2,1-2H3. The van der Waals surface area contributed by atoms with Gasteiger partial charge in [0.2, 0.25) is 5.91 Å². The van der Waals surface area contributed by atoms with Crippen LogP contribution in [-0.4, -0.2) is 37.0 Å². The molecule has 80 valence electrons. The van der Waals surface area contributed by atoms with Crippen LogP contribution in [0.25, 0.3) is 0 Å². The Labute approximate surface area is 85.8 Å². The van der Waals surface area contributed by atoms with Gasteiger partial charge in [0.05, 0.1) is 0 Å². The minimum atomic E-state index is -0.000371. The van der Waals surface area contributed by atoms with E-state index in [0.29, 0.717) is 11.9 Å². The fourth-order valence-corrected chi connectivity index (χ4v) is 2.19. The number of amides is 1. The van der Waals surface area contributed by atoms with Gasteiger partial charge in [-0.25, -0.2) is 0 Å². The van der Waals surface area contributed by atoms with Crippen LogP contribution in [0, 0.1) is 5.41 Å². The van der Waals surface area contributed by atoms with Gasteiger partial charge in [-0.2, -0.15) is 0 Å². The van der Waals surface area contributed by atoms with Crippen molar-refractivity contribution in [1.29, 1.82) is 0 Å². The van der Waals surface area contributed by atoms with Crippen molar-refractivity contribution in [2.75, 3.05) is 20.1 Å². The van der Waals surface area contributed by atoms with E-state index in [1.165, 1.54) is 0 Å². The smallest absolute Gasteiger partial charge is 0.228 e. The molecule has 2 fully saturated rings. The lowest BCUT2D eigenvalue weighted by Gasteiger charge is -2.33. The Hall–Kier alpha value is -0.570. The number of carbonyl (C=O) groups excluding carboxylic acids is 1. The Kier molecular flexibility index (Phi) is 2.52. The summed E-state index contributed by atoms with van der Waals surface area (Å²) in [6.45, 7) is 4.20. The van der Waals surface area contributed by atoms with Gasteiger partial charge in [-0.1, -0.05) is 6.92 Å². The summed E-state index contributed by atoms with van der Waals surface area (Å²) in [4.78, 5) is 14.0. The van der Waals surface area contributed by atoms with Crippen molar-refractivity contribution in [3.8, 4) is 0 Å². The van der Waals surface area contributed by atoms with E-state index in [-0.39, 0.29) is 5.41 Å². The monoisotopic (exact) mass is 196 g/mol. The zero-order chi connectivity index (χ0) is 10.2. The normalized spacial score (nSPS) is 25.9. The lowest BCUT2D eigenvalue weighted by molar-refractivity contribution is -0.137. The van der Waals surface area contributed by atoms with E-state index in [4.69, 9.17) is 0 Å². The molecule has 0 aromatic heterocycles. The number of rotatable bonds is 2. The molecule has 1 aliphatic carbocycles. The van der Waals surface area contributed by atoms with Crippen molar-refractivity contribution in [1.82, 2.24) is 10.2 Å². The fraction of sp³-hybridized carbons (Fsp3) is 0.909. The Balaban J connectivity index is 1.92. The molecule has 0 aromatic carbocycles. The average molecular weight is 196 g/mol. The number of carbonyl (C=O) groups is 1. The Morgan fingerprint density at radius 1 is 1.36 bits per heavy atom. The van der Waals surface area contributed by atoms with E-state index in [0.717, 1.165) is 38.8 Å². The van der Waals surface area contributed by atoms with Crippen LogP contribution in [0.15, 0.2) is 0 Å². The van der Waals surface area contributed by atoms with Gasteiger partial charge >= 0.3 is 0 Å². The topological polar surface area (TPSA) is 32.3 Å². The first kappa shape index (κ1) is 9.97. The van der Waals surface area contributed by atoms with Crippen LogP contribution < -0.4 is 5.32 Å². The Morgan fingerprint density at radius 2 is 1.93 bits per heavy atom. The maximum Gasteiger partial charge on any atom is 0.228 e. The lowest BCUT2D eigenvalue weighted by Crippen LogP contribution is -2.46. The maximum atomic E-state index is 12.0. The van der Waals surface area contributed by atoms with Gasteiger partial charge in [-0.15, -0.1) is 0 Å². The van der Waals surface area contributed by atoms with Crippen LogP contribution in [-0.2, 0) is 4.79 Å². The minimum Gasteiger partial charge on any atom is -0.342 e. The van der Waals surface area contributed by atoms with E-state index >= 15 is 0 Å². The summed E-state index contributed by atoms with van der Waals surface area (Å²) in [5.41, 5.74) is -0.000371. The number of hydrogen-bond donors (Lipinski definition) is 1. The van der Waals surface area contributed by atoms with Crippen LogP contribution in [0.5, 0.6) is 0 Å². The molecular weight excluding hydrogens is 176 g/mol. The molecule has 0 bridgehead atoms. The summed E-state index contributed by atoms with van der Waals surface area (Å²) >= 11 is 0. The first-order chi connectivity index (χ1) is 6.63. The van der Waals surface area contributed by atoms with Crippen LogP contribution in [0.2, 0.25) is 0 Å². The minimum absolute atomic E-state index is 0.000371. The van der Waals surface area contributed by atoms with Gasteiger partial charge in [0.15, 0.2) is 0 Å². The second-order valence-electron chi connectivity index (χ2n) is 4.96. The van der Waals surface area contributed by atoms with E-state index in [2.05, 4.69) is 12.2 Å². The zero-order valence-corrected chi connectivity index (χ0v) is 9.18. The third kappa shape index (κ3) is 1.78. The van der Waals surface area contributed by atoms with Gasteiger partial charge in [0.1, 0.15) is 0 Å². The molecule has 1 saturated heterocycles. The van der Waals surface area contributed by atoms with E-state index < -0.39 is 0 Å². The third-order valence-corrected chi connectivity index (χ3v) is 3.69. The molecule has 0 unspecified atom stereocenters. The highest BCUT2D eigenvalue weighted by Gasteiger charge is 2.47. The number of nitrogens with one attached hydrogen (secondary N) is 1. The van der Waals surface area contributed by atoms with Gasteiger partial charge in [0, 0.05) is 18.5 Å². The number of nitrogens with zero attached hydrogens (tertiary/aromatic N) is 1. The van der Waals surface area contributed by atoms with E-state index in [1.807, 2.05) is 11.9 Å². The van der Waals surface area contributed by atoms with Crippen LogP contribution >= 0.6 is 0 Å². The number of piperidine rings is 1. The molecular formula is C11H20N2O. The summed E-state index contributed by atoms with van der Waals surface area (Å²) in [6, 6.07) is 0.473. The molecule has 1 N–H and O–H groups in total. The summed E-state index contributed by atoms with van der Waals surface area (Å²) in [6.07, 6.45) is 4.39. The average Bonchev–Trinajstić information content (AvgIpc) is 2.97. The maximum absolute atomic E-state index is 12.0. The quantitative estimate of drug-likeness (QED) is 0.714. The molecule has 1 saturated carbocycles. The van der Waals surface area contributed by atoms with Crippen LogP contribution in [0.3, 0.4) is 0 Å². The van der Waals surface area contributed by atoms with Gasteiger partial charge in [-0.05, 0) is 38.8 Å². The molecule has 0 atom stereocenters. The highest BCUT2D eigenvalue weighted by atomic mass is 16.2. The molecule has 14 heavy (non-hydrogen) atoms. The Bertz CT molecular complexity index is 229. The Morgan fingerprint density at radius 3 is 2.43 bits per heavy atom. The third-order valence-electron chi connectivity index (χ3n) is 3.69. The molecule has 0 spiro atoms. The van der Waals surface area contributed by atoms with Gasteiger partial charge in [0.25, 0.3) is 0 Å². The second-order valence-corrected chi connectivity index (χ2v) is 4.96. The molecule has 2 aliphatic rings. The molecule has 1 heterocycles. The van der Waals surface area contributed by atoms with Crippen molar-refractivity contribution in [2.45, 2.75) is 38.6 Å². The zero-order valence-electron chi connectivity index (χ0n) is 9.18. The highest BCUT2D eigenvalue weighted by molar-refractivity contribution is 5.84. The highest BCUT2D eigenvalue weighted by Crippen LogP contribution is 2.46. The first-order valence-corrected chi connectivity index (χ1v) is 5.61. The fourth-order valence-electron chi connectivity index (χ4n) is 2.19. The van der Waals surface area contributed by atoms with Crippen molar-refractivity contribution >= 4 is 5.91 Å². The molecule has 0 radical (unpaired) electrons. The predicted octanol–water partition coefficient (Wildman–Crippen LogP) is 0.997. The van der Waals surface area contributed by atoms with Crippen LogP contribution in [0.1, 0.15) is 32.6 Å². The van der Waals surface area contributed by atoms with Gasteiger partial charge < -0.3 is 10.2 Å². The lowest BCUT2D eigenvalue weighted by atomic mass is 10.0. The molecule has 2 rings (SSSR count). The summed E-state index contributed by atoms with van der Waals surface area (Å²) in [5, 5.41) is 3.32. The summed E-state index contributed by atoms with van der Waals surface area (Å²) in [7, 11) is 1.97. The van der Waals surface area contributed by atoms with E-state index in [1.54, 1.807) is 0 Å². The van der Waals surface area contributed by atoms with Crippen molar-refractivity contribution in [2.24, 2.45) is 5.41 Å². The molecule has 3 heteroatoms. The molecule has 3 nitrogen and oxygen atoms in total. The van der Waals surface area contributed by atoms with Crippen LogP contribution in [0.4, 0.5) is 0 Å². The van der Waals surface area contributed by atoms with E-state index in [9.17, 15) is 4.79 Å². The van der Waals surface area contributed by atoms with Gasteiger partial charge in [-0.3, -0.25) is 4.79 Å². The number of hydrogen-bond acceptors (Lipinski definition) is 2. The largest absolute Gasteiger partial charge is 0.342 e. The predicted molar refractivity (Wildman–Crippen MR) is 56.0 cm³/mol. The summed E-state index contributed by atoms with van der Waals surface area (Å²) < 4.78 is 0. The van der Waals surface area contributed by atoms with Crippen molar-refractivity contribution < 1.29 is 4.79 Å². The van der Waals surface area contributed by atoms with Crippen molar-refractivity contribution in [3.63, 3.8) is 0 Å². The molecule has 1 aliphatic heterocycles. The molecule has 0 aromatic rings. The van der Waals surface area contributed by atoms with Crippen molar-refractivity contribution in [3.05, 3.63) is 0 Å². The summed E-state index contributed by atoms with van der Waals surface area (Å²) in [5.74, 6) is 0.365. The molecule has 1 amide bonds. The second kappa shape index (κ2) is 3.54. The first-order valence-electron chi connectivity index (χ1n) is 5.61. The SMILES string of the molecule is CN(C(=O)C1(C)CC1)C1CCNCC1.